The lowest BCUT2D eigenvalue weighted by atomic mass is 9.83. The Hall–Kier alpha value is -1.02. The average Bonchev–Trinajstić information content (AvgIpc) is 2.44. The van der Waals surface area contributed by atoms with Gasteiger partial charge in [0.25, 0.3) is 0 Å². The average molecular weight is 294 g/mol. The van der Waals surface area contributed by atoms with Crippen LogP contribution in [0.3, 0.4) is 0 Å². The van der Waals surface area contributed by atoms with Crippen LogP contribution < -0.4 is 5.32 Å². The maximum atomic E-state index is 12.3. The summed E-state index contributed by atoms with van der Waals surface area (Å²) in [4.78, 5) is 12.3. The van der Waals surface area contributed by atoms with Crippen molar-refractivity contribution in [2.24, 2.45) is 11.3 Å². The van der Waals surface area contributed by atoms with Gasteiger partial charge in [0.1, 0.15) is 0 Å². The molecule has 0 saturated heterocycles. The van der Waals surface area contributed by atoms with Gasteiger partial charge in [0, 0.05) is 18.3 Å². The summed E-state index contributed by atoms with van der Waals surface area (Å²) in [6.07, 6.45) is 3.76. The highest BCUT2D eigenvalue weighted by molar-refractivity contribution is 6.17. The number of fused-ring (bicyclic) bond motifs is 1. The third-order valence-electron chi connectivity index (χ3n) is 4.23. The largest absolute Gasteiger partial charge is 0.355 e. The highest BCUT2D eigenvalue weighted by Gasteiger charge is 2.26. The number of hydrogen-bond donors (Lipinski definition) is 1. The molecule has 0 spiro atoms. The van der Waals surface area contributed by atoms with Crippen molar-refractivity contribution in [1.82, 2.24) is 5.32 Å². The number of nitrogens with one attached hydrogen (secondary N) is 1. The molecular formula is C17H24ClNO. The third kappa shape index (κ3) is 3.99. The number of aryl methyl sites for hydroxylation is 1. The zero-order valence-corrected chi connectivity index (χ0v) is 13.2. The molecule has 1 aromatic carbocycles. The van der Waals surface area contributed by atoms with Gasteiger partial charge in [0.2, 0.25) is 5.91 Å². The van der Waals surface area contributed by atoms with Crippen molar-refractivity contribution in [1.29, 1.82) is 0 Å². The summed E-state index contributed by atoms with van der Waals surface area (Å²) in [5.74, 6) is 0.957. The van der Waals surface area contributed by atoms with Crippen molar-refractivity contribution in [2.45, 2.75) is 39.5 Å². The SMILES string of the molecule is CC(C)(CCCl)CNC(=O)C1CCc2ccccc2C1. The summed E-state index contributed by atoms with van der Waals surface area (Å²) in [6.45, 7) is 4.99. The Morgan fingerprint density at radius 2 is 2.05 bits per heavy atom. The number of carbonyl (C=O) groups is 1. The van der Waals surface area contributed by atoms with Crippen LogP contribution in [0.1, 0.15) is 37.8 Å². The van der Waals surface area contributed by atoms with E-state index >= 15 is 0 Å². The van der Waals surface area contributed by atoms with E-state index in [1.807, 2.05) is 0 Å². The van der Waals surface area contributed by atoms with E-state index < -0.39 is 0 Å². The van der Waals surface area contributed by atoms with Crippen molar-refractivity contribution in [3.63, 3.8) is 0 Å². The lowest BCUT2D eigenvalue weighted by molar-refractivity contribution is -0.125. The van der Waals surface area contributed by atoms with Crippen LogP contribution >= 0.6 is 11.6 Å². The van der Waals surface area contributed by atoms with Crippen molar-refractivity contribution in [3.8, 4) is 0 Å². The summed E-state index contributed by atoms with van der Waals surface area (Å²) in [7, 11) is 0. The van der Waals surface area contributed by atoms with Crippen molar-refractivity contribution in [2.75, 3.05) is 12.4 Å². The molecule has 3 heteroatoms. The van der Waals surface area contributed by atoms with E-state index in [0.29, 0.717) is 12.4 Å². The molecule has 1 aliphatic carbocycles. The first-order chi connectivity index (χ1) is 9.52. The summed E-state index contributed by atoms with van der Waals surface area (Å²) in [6, 6.07) is 8.45. The highest BCUT2D eigenvalue weighted by atomic mass is 35.5. The van der Waals surface area contributed by atoms with Crippen LogP contribution in [-0.2, 0) is 17.6 Å². The van der Waals surface area contributed by atoms with Crippen LogP contribution in [0.15, 0.2) is 24.3 Å². The number of benzene rings is 1. The minimum absolute atomic E-state index is 0.0734. The number of alkyl halides is 1. The van der Waals surface area contributed by atoms with Crippen LogP contribution in [0.5, 0.6) is 0 Å². The predicted octanol–water partition coefficient (Wildman–Crippen LogP) is 3.56. The second-order valence-corrected chi connectivity index (χ2v) is 6.91. The normalized spacial score (nSPS) is 18.4. The van der Waals surface area contributed by atoms with Crippen LogP contribution in [0.4, 0.5) is 0 Å². The smallest absolute Gasteiger partial charge is 0.223 e. The van der Waals surface area contributed by atoms with Crippen molar-refractivity contribution in [3.05, 3.63) is 35.4 Å². The fourth-order valence-corrected chi connectivity index (χ4v) is 3.25. The number of rotatable bonds is 5. The van der Waals surface area contributed by atoms with Gasteiger partial charge in [-0.1, -0.05) is 38.1 Å². The zero-order valence-electron chi connectivity index (χ0n) is 12.4. The Morgan fingerprint density at radius 1 is 1.35 bits per heavy atom. The summed E-state index contributed by atoms with van der Waals surface area (Å²) < 4.78 is 0. The fraction of sp³-hybridized carbons (Fsp3) is 0.588. The molecule has 0 fully saturated rings. The van der Waals surface area contributed by atoms with Crippen molar-refractivity contribution < 1.29 is 4.79 Å². The Labute approximate surface area is 126 Å². The topological polar surface area (TPSA) is 29.1 Å². The quantitative estimate of drug-likeness (QED) is 0.826. The van der Waals surface area contributed by atoms with Crippen molar-refractivity contribution >= 4 is 17.5 Å². The molecule has 1 aliphatic rings. The highest BCUT2D eigenvalue weighted by Crippen LogP contribution is 2.26. The van der Waals surface area contributed by atoms with E-state index in [-0.39, 0.29) is 17.2 Å². The van der Waals surface area contributed by atoms with Gasteiger partial charge in [0.15, 0.2) is 0 Å². The molecule has 0 aliphatic heterocycles. The monoisotopic (exact) mass is 293 g/mol. The molecular weight excluding hydrogens is 270 g/mol. The molecule has 0 saturated carbocycles. The summed E-state index contributed by atoms with van der Waals surface area (Å²) >= 11 is 5.79. The molecule has 0 aromatic heterocycles. The molecule has 20 heavy (non-hydrogen) atoms. The van der Waals surface area contributed by atoms with E-state index in [1.54, 1.807) is 0 Å². The summed E-state index contributed by atoms with van der Waals surface area (Å²) in [5, 5.41) is 3.11. The first-order valence-corrected chi connectivity index (χ1v) is 7.96. The third-order valence-corrected chi connectivity index (χ3v) is 4.42. The van der Waals surface area contributed by atoms with Crippen LogP contribution in [0.2, 0.25) is 0 Å². The number of hydrogen-bond acceptors (Lipinski definition) is 1. The maximum Gasteiger partial charge on any atom is 0.223 e. The minimum atomic E-state index is 0.0734. The second-order valence-electron chi connectivity index (χ2n) is 6.53. The van der Waals surface area contributed by atoms with E-state index in [4.69, 9.17) is 11.6 Å². The van der Waals surface area contributed by atoms with Gasteiger partial charge in [-0.2, -0.15) is 0 Å². The molecule has 1 atom stereocenters. The van der Waals surface area contributed by atoms with Gasteiger partial charge in [0.05, 0.1) is 0 Å². The van der Waals surface area contributed by atoms with E-state index in [0.717, 1.165) is 25.7 Å². The first kappa shape index (κ1) is 15.4. The molecule has 110 valence electrons. The Balaban J connectivity index is 1.89. The Kier molecular flexibility index (Phi) is 5.09. The Bertz CT molecular complexity index is 470. The fourth-order valence-electron chi connectivity index (χ4n) is 2.74. The van der Waals surface area contributed by atoms with E-state index in [9.17, 15) is 4.79 Å². The van der Waals surface area contributed by atoms with Crippen LogP contribution in [-0.4, -0.2) is 18.3 Å². The second kappa shape index (κ2) is 6.62. The maximum absolute atomic E-state index is 12.3. The zero-order chi connectivity index (χ0) is 14.6. The molecule has 0 heterocycles. The molecule has 1 N–H and O–H groups in total. The van der Waals surface area contributed by atoms with Crippen LogP contribution in [0.25, 0.3) is 0 Å². The predicted molar refractivity (Wildman–Crippen MR) is 84.1 cm³/mol. The standard InChI is InChI=1S/C17H24ClNO/c1-17(2,9-10-18)12-19-16(20)15-8-7-13-5-3-4-6-14(13)11-15/h3-6,15H,7-12H2,1-2H3,(H,19,20). The van der Waals surface area contributed by atoms with Gasteiger partial charge in [-0.15, -0.1) is 11.6 Å². The molecule has 1 amide bonds. The number of halogens is 1. The van der Waals surface area contributed by atoms with E-state index in [1.165, 1.54) is 11.1 Å². The number of amides is 1. The molecule has 1 unspecified atom stereocenters. The molecule has 2 rings (SSSR count). The van der Waals surface area contributed by atoms with Gasteiger partial charge in [-0.25, -0.2) is 0 Å². The van der Waals surface area contributed by atoms with Gasteiger partial charge < -0.3 is 5.32 Å². The van der Waals surface area contributed by atoms with Crippen LogP contribution in [0, 0.1) is 11.3 Å². The lowest BCUT2D eigenvalue weighted by Gasteiger charge is -2.27. The molecule has 0 radical (unpaired) electrons. The minimum Gasteiger partial charge on any atom is -0.355 e. The lowest BCUT2D eigenvalue weighted by Crippen LogP contribution is -2.39. The molecule has 1 aromatic rings. The molecule has 2 nitrogen and oxygen atoms in total. The van der Waals surface area contributed by atoms with Gasteiger partial charge >= 0.3 is 0 Å². The first-order valence-electron chi connectivity index (χ1n) is 7.42. The Morgan fingerprint density at radius 3 is 2.75 bits per heavy atom. The molecule has 0 bridgehead atoms. The van der Waals surface area contributed by atoms with E-state index in [2.05, 4.69) is 43.4 Å². The van der Waals surface area contributed by atoms with Gasteiger partial charge in [-0.05, 0) is 42.2 Å². The van der Waals surface area contributed by atoms with Gasteiger partial charge in [-0.3, -0.25) is 4.79 Å². The number of carbonyl (C=O) groups excluding carboxylic acids is 1. The summed E-state index contributed by atoms with van der Waals surface area (Å²) in [5.41, 5.74) is 2.81.